The van der Waals surface area contributed by atoms with E-state index in [4.69, 9.17) is 4.74 Å². The maximum absolute atomic E-state index is 13.5. The smallest absolute Gasteiger partial charge is 0.278 e. The fourth-order valence-electron chi connectivity index (χ4n) is 4.04. The molecule has 34 heavy (non-hydrogen) atoms. The number of halogens is 1. The summed E-state index contributed by atoms with van der Waals surface area (Å²) in [5.41, 5.74) is 2.02. The van der Waals surface area contributed by atoms with Crippen LogP contribution in [0.2, 0.25) is 0 Å². The zero-order valence-corrected chi connectivity index (χ0v) is 19.0. The van der Waals surface area contributed by atoms with Crippen molar-refractivity contribution >= 4 is 34.7 Å². The lowest BCUT2D eigenvalue weighted by Gasteiger charge is -2.27. The molecule has 2 aromatic carbocycles. The van der Waals surface area contributed by atoms with Crippen molar-refractivity contribution in [1.29, 1.82) is 0 Å². The Kier molecular flexibility index (Phi) is 7.34. The molecule has 0 aliphatic carbocycles. The lowest BCUT2D eigenvalue weighted by atomic mass is 10.0. The van der Waals surface area contributed by atoms with Crippen LogP contribution in [0.15, 0.2) is 54.2 Å². The van der Waals surface area contributed by atoms with Crippen molar-refractivity contribution in [2.45, 2.75) is 13.3 Å². The SMILES string of the molecule is CC(=O)Nc1ccc(NC2=C(c3ccc(F)cc3)C(=O)N(CCCN3CCOCC3)C2=O)cc1. The highest BCUT2D eigenvalue weighted by molar-refractivity contribution is 6.36. The van der Waals surface area contributed by atoms with Crippen molar-refractivity contribution in [3.8, 4) is 0 Å². The minimum atomic E-state index is -0.424. The van der Waals surface area contributed by atoms with Crippen LogP contribution in [0.25, 0.3) is 5.57 Å². The molecule has 9 heteroatoms. The van der Waals surface area contributed by atoms with Gasteiger partial charge in [0.05, 0.1) is 18.8 Å². The Morgan fingerprint density at radius 2 is 1.59 bits per heavy atom. The third-order valence-corrected chi connectivity index (χ3v) is 5.74. The van der Waals surface area contributed by atoms with Gasteiger partial charge < -0.3 is 15.4 Å². The summed E-state index contributed by atoms with van der Waals surface area (Å²) < 4.78 is 18.9. The number of hydrogen-bond acceptors (Lipinski definition) is 6. The van der Waals surface area contributed by atoms with Gasteiger partial charge in [0, 0.05) is 44.5 Å². The van der Waals surface area contributed by atoms with Gasteiger partial charge in [0.25, 0.3) is 11.8 Å². The zero-order valence-electron chi connectivity index (χ0n) is 19.0. The number of benzene rings is 2. The number of anilines is 2. The average Bonchev–Trinajstić information content (AvgIpc) is 3.05. The van der Waals surface area contributed by atoms with E-state index in [2.05, 4.69) is 15.5 Å². The van der Waals surface area contributed by atoms with Crippen LogP contribution >= 0.6 is 0 Å². The van der Waals surface area contributed by atoms with E-state index in [0.29, 0.717) is 36.6 Å². The molecule has 1 saturated heterocycles. The summed E-state index contributed by atoms with van der Waals surface area (Å²) in [6, 6.07) is 12.3. The number of nitrogens with zero attached hydrogens (tertiary/aromatic N) is 2. The predicted molar refractivity (Wildman–Crippen MR) is 126 cm³/mol. The van der Waals surface area contributed by atoms with E-state index in [1.165, 1.54) is 36.1 Å². The topological polar surface area (TPSA) is 91.0 Å². The number of amides is 3. The van der Waals surface area contributed by atoms with E-state index in [9.17, 15) is 18.8 Å². The first kappa shape index (κ1) is 23.6. The van der Waals surface area contributed by atoms with Crippen molar-refractivity contribution in [3.63, 3.8) is 0 Å². The fraction of sp³-hybridized carbons (Fsp3) is 0.320. The Bertz CT molecular complexity index is 1090. The fourth-order valence-corrected chi connectivity index (χ4v) is 4.04. The number of imide groups is 1. The van der Waals surface area contributed by atoms with Crippen molar-refractivity contribution in [1.82, 2.24) is 9.80 Å². The number of nitrogens with one attached hydrogen (secondary N) is 2. The van der Waals surface area contributed by atoms with Gasteiger partial charge in [-0.25, -0.2) is 4.39 Å². The van der Waals surface area contributed by atoms with Gasteiger partial charge >= 0.3 is 0 Å². The minimum Gasteiger partial charge on any atom is -0.379 e. The molecule has 0 aromatic heterocycles. The first-order valence-corrected chi connectivity index (χ1v) is 11.2. The van der Waals surface area contributed by atoms with Crippen LogP contribution in [-0.2, 0) is 19.1 Å². The van der Waals surface area contributed by atoms with Gasteiger partial charge in [-0.15, -0.1) is 0 Å². The highest BCUT2D eigenvalue weighted by Gasteiger charge is 2.39. The van der Waals surface area contributed by atoms with Crippen LogP contribution in [-0.4, -0.2) is 66.9 Å². The number of carbonyl (C=O) groups excluding carboxylic acids is 3. The van der Waals surface area contributed by atoms with Crippen molar-refractivity contribution < 1.29 is 23.5 Å². The van der Waals surface area contributed by atoms with Gasteiger partial charge in [0.1, 0.15) is 11.5 Å². The van der Waals surface area contributed by atoms with E-state index in [-0.39, 0.29) is 23.7 Å². The summed E-state index contributed by atoms with van der Waals surface area (Å²) in [5.74, 6) is -1.44. The van der Waals surface area contributed by atoms with E-state index < -0.39 is 17.6 Å². The minimum absolute atomic E-state index is 0.148. The van der Waals surface area contributed by atoms with Crippen molar-refractivity contribution in [3.05, 3.63) is 65.6 Å². The van der Waals surface area contributed by atoms with Gasteiger partial charge in [-0.3, -0.25) is 24.2 Å². The Labute approximate surface area is 197 Å². The molecule has 0 spiro atoms. The molecule has 4 rings (SSSR count). The molecule has 2 aliphatic heterocycles. The van der Waals surface area contributed by atoms with Crippen LogP contribution in [0.3, 0.4) is 0 Å². The summed E-state index contributed by atoms with van der Waals surface area (Å²) in [7, 11) is 0. The largest absolute Gasteiger partial charge is 0.379 e. The monoisotopic (exact) mass is 466 g/mol. The molecule has 0 saturated carbocycles. The number of carbonyl (C=O) groups is 3. The van der Waals surface area contributed by atoms with E-state index in [1.54, 1.807) is 24.3 Å². The number of morpholine rings is 1. The number of hydrogen-bond donors (Lipinski definition) is 2. The first-order chi connectivity index (χ1) is 16.4. The third kappa shape index (κ3) is 5.49. The summed E-state index contributed by atoms with van der Waals surface area (Å²) in [6.45, 7) is 5.51. The predicted octanol–water partition coefficient (Wildman–Crippen LogP) is 2.70. The van der Waals surface area contributed by atoms with E-state index in [0.717, 1.165) is 19.6 Å². The second kappa shape index (κ2) is 10.6. The summed E-state index contributed by atoms with van der Waals surface area (Å²) in [5, 5.41) is 5.75. The second-order valence-corrected chi connectivity index (χ2v) is 8.21. The Balaban J connectivity index is 1.54. The summed E-state index contributed by atoms with van der Waals surface area (Å²) >= 11 is 0. The maximum atomic E-state index is 13.5. The van der Waals surface area contributed by atoms with Crippen molar-refractivity contribution in [2.24, 2.45) is 0 Å². The quantitative estimate of drug-likeness (QED) is 0.582. The first-order valence-electron chi connectivity index (χ1n) is 11.2. The molecule has 178 valence electrons. The Hall–Kier alpha value is -3.56. The van der Waals surface area contributed by atoms with Gasteiger partial charge in [0.15, 0.2) is 0 Å². The number of ether oxygens (including phenoxy) is 1. The van der Waals surface area contributed by atoms with Crippen LogP contribution < -0.4 is 10.6 Å². The standard InChI is InChI=1S/C25H27FN4O4/c1-17(31)27-20-7-9-21(10-8-20)28-23-22(18-3-5-19(26)6-4-18)24(32)30(25(23)33)12-2-11-29-13-15-34-16-14-29/h3-10,28H,2,11-16H2,1H3,(H,27,31). The average molecular weight is 467 g/mol. The molecule has 2 heterocycles. The molecule has 2 N–H and O–H groups in total. The molecule has 0 radical (unpaired) electrons. The second-order valence-electron chi connectivity index (χ2n) is 8.21. The summed E-state index contributed by atoms with van der Waals surface area (Å²) in [4.78, 5) is 41.3. The molecular formula is C25H27FN4O4. The van der Waals surface area contributed by atoms with Crippen LogP contribution in [0, 0.1) is 5.82 Å². The molecule has 8 nitrogen and oxygen atoms in total. The lowest BCUT2D eigenvalue weighted by Crippen LogP contribution is -2.39. The van der Waals surface area contributed by atoms with Gasteiger partial charge in [-0.1, -0.05) is 12.1 Å². The molecule has 1 fully saturated rings. The van der Waals surface area contributed by atoms with E-state index in [1.807, 2.05) is 0 Å². The zero-order chi connectivity index (χ0) is 24.1. The lowest BCUT2D eigenvalue weighted by molar-refractivity contribution is -0.137. The Morgan fingerprint density at radius 3 is 2.24 bits per heavy atom. The molecule has 0 atom stereocenters. The molecule has 0 bridgehead atoms. The summed E-state index contributed by atoms with van der Waals surface area (Å²) in [6.07, 6.45) is 0.646. The van der Waals surface area contributed by atoms with Crippen molar-refractivity contribution in [2.75, 3.05) is 50.0 Å². The maximum Gasteiger partial charge on any atom is 0.278 e. The van der Waals surface area contributed by atoms with Gasteiger partial charge in [-0.2, -0.15) is 0 Å². The normalized spacial score (nSPS) is 16.8. The Morgan fingerprint density at radius 1 is 0.941 bits per heavy atom. The van der Waals surface area contributed by atoms with Crippen LogP contribution in [0.5, 0.6) is 0 Å². The van der Waals surface area contributed by atoms with Crippen LogP contribution in [0.4, 0.5) is 15.8 Å². The highest BCUT2D eigenvalue weighted by Crippen LogP contribution is 2.31. The van der Waals surface area contributed by atoms with Crippen LogP contribution in [0.1, 0.15) is 18.9 Å². The molecule has 2 aliphatic rings. The molecule has 3 amide bonds. The highest BCUT2D eigenvalue weighted by atomic mass is 19.1. The number of rotatable bonds is 8. The molecule has 2 aromatic rings. The van der Waals surface area contributed by atoms with E-state index >= 15 is 0 Å². The molecule has 0 unspecified atom stereocenters. The molecular weight excluding hydrogens is 439 g/mol. The van der Waals surface area contributed by atoms with Gasteiger partial charge in [0.2, 0.25) is 5.91 Å². The van der Waals surface area contributed by atoms with Gasteiger partial charge in [-0.05, 0) is 48.4 Å². The third-order valence-electron chi connectivity index (χ3n) is 5.74.